The highest BCUT2D eigenvalue weighted by molar-refractivity contribution is 6.29. The fourth-order valence-corrected chi connectivity index (χ4v) is 0.945. The summed E-state index contributed by atoms with van der Waals surface area (Å²) in [6.07, 6.45) is 0.705. The van der Waals surface area contributed by atoms with Gasteiger partial charge in [0.25, 0.3) is 0 Å². The Bertz CT molecular complexity index is 365. The Kier molecular flexibility index (Phi) is 4.11. The van der Waals surface area contributed by atoms with Crippen LogP contribution in [0, 0.1) is 10.1 Å². The van der Waals surface area contributed by atoms with Gasteiger partial charge in [0, 0.05) is 11.3 Å². The van der Waals surface area contributed by atoms with Crippen LogP contribution in [0.15, 0.2) is 28.6 Å². The maximum atomic E-state index is 10.4. The molecule has 0 aliphatic heterocycles. The van der Waals surface area contributed by atoms with Crippen molar-refractivity contribution in [3.8, 4) is 0 Å². The molecule has 0 spiro atoms. The van der Waals surface area contributed by atoms with Crippen molar-refractivity contribution < 1.29 is 4.92 Å². The molecule has 0 bridgehead atoms. The van der Waals surface area contributed by atoms with Gasteiger partial charge in [-0.3, -0.25) is 10.1 Å². The van der Waals surface area contributed by atoms with Crippen LogP contribution in [0.25, 0.3) is 0 Å². The highest BCUT2D eigenvalue weighted by Gasteiger charge is 2.14. The number of halogens is 1. The molecule has 0 fully saturated rings. The second kappa shape index (κ2) is 5.35. The Balaban J connectivity index is 2.72. The molecule has 0 amide bonds. The number of rotatable bonds is 4. The van der Waals surface area contributed by atoms with Crippen LogP contribution in [0.2, 0.25) is 5.15 Å². The Morgan fingerprint density at radius 1 is 1.67 bits per heavy atom. The molecule has 0 aliphatic carbocycles. The van der Waals surface area contributed by atoms with Crippen LogP contribution in [0.5, 0.6) is 0 Å². The summed E-state index contributed by atoms with van der Waals surface area (Å²) >= 11 is 5.56. The molecule has 1 atom stereocenters. The number of azo groups is 1. The lowest BCUT2D eigenvalue weighted by Gasteiger charge is -1.98. The van der Waals surface area contributed by atoms with E-state index in [1.54, 1.807) is 19.1 Å². The molecule has 0 aromatic carbocycles. The summed E-state index contributed by atoms with van der Waals surface area (Å²) in [4.78, 5) is 13.7. The number of hydrogen-bond acceptors (Lipinski definition) is 5. The summed E-state index contributed by atoms with van der Waals surface area (Å²) in [6, 6.07) is 3.13. The van der Waals surface area contributed by atoms with Gasteiger partial charge < -0.3 is 0 Å². The number of nitrogens with zero attached hydrogens (tertiary/aromatic N) is 4. The van der Waals surface area contributed by atoms with Crippen molar-refractivity contribution in [1.29, 1.82) is 0 Å². The highest BCUT2D eigenvalue weighted by atomic mass is 35.5. The smallest absolute Gasteiger partial charge is 0.262 e. The third kappa shape index (κ3) is 3.59. The fraction of sp³-hybridized carbons (Fsp3) is 0.375. The van der Waals surface area contributed by atoms with Gasteiger partial charge in [-0.15, -0.1) is 10.2 Å². The molecule has 0 saturated carbocycles. The number of nitro groups is 1. The van der Waals surface area contributed by atoms with Crippen LogP contribution >= 0.6 is 11.6 Å². The minimum absolute atomic E-state index is 0.303. The van der Waals surface area contributed by atoms with E-state index < -0.39 is 11.1 Å². The molecule has 1 heterocycles. The summed E-state index contributed by atoms with van der Waals surface area (Å²) < 4.78 is 0. The molecule has 0 saturated heterocycles. The molecule has 0 aliphatic rings. The standard InChI is InChI=1S/C8H9ClN4O2/c1-2-8(13(14)15)12-11-6-3-4-7(9)10-5-6/h3-5,8H,2H2,1H3. The van der Waals surface area contributed by atoms with Crippen LogP contribution in [-0.2, 0) is 0 Å². The van der Waals surface area contributed by atoms with Crippen molar-refractivity contribution in [2.45, 2.75) is 19.5 Å². The Morgan fingerprint density at radius 2 is 2.40 bits per heavy atom. The summed E-state index contributed by atoms with van der Waals surface area (Å²) in [5.74, 6) is 0. The van der Waals surface area contributed by atoms with E-state index in [-0.39, 0.29) is 0 Å². The van der Waals surface area contributed by atoms with Crippen molar-refractivity contribution >= 4 is 17.3 Å². The third-order valence-corrected chi connectivity index (χ3v) is 1.85. The maximum absolute atomic E-state index is 10.4. The van der Waals surface area contributed by atoms with Crippen LogP contribution in [0.3, 0.4) is 0 Å². The lowest BCUT2D eigenvalue weighted by molar-refractivity contribution is -0.521. The SMILES string of the molecule is CCC(N=Nc1ccc(Cl)nc1)[N+](=O)[O-]. The van der Waals surface area contributed by atoms with Gasteiger partial charge in [0.05, 0.1) is 6.20 Å². The van der Waals surface area contributed by atoms with E-state index in [1.807, 2.05) is 0 Å². The zero-order chi connectivity index (χ0) is 11.3. The van der Waals surface area contributed by atoms with Crippen LogP contribution < -0.4 is 0 Å². The van der Waals surface area contributed by atoms with Gasteiger partial charge in [0.1, 0.15) is 10.8 Å². The predicted molar refractivity (Wildman–Crippen MR) is 54.8 cm³/mol. The van der Waals surface area contributed by atoms with Crippen molar-refractivity contribution in [2.24, 2.45) is 10.2 Å². The zero-order valence-corrected chi connectivity index (χ0v) is 8.76. The van der Waals surface area contributed by atoms with Gasteiger partial charge in [-0.1, -0.05) is 18.5 Å². The maximum Gasteiger partial charge on any atom is 0.320 e. The van der Waals surface area contributed by atoms with Gasteiger partial charge >= 0.3 is 6.17 Å². The molecular weight excluding hydrogens is 220 g/mol. The van der Waals surface area contributed by atoms with Crippen LogP contribution in [0.1, 0.15) is 13.3 Å². The molecule has 0 radical (unpaired) electrons. The number of aromatic nitrogens is 1. The first-order chi connectivity index (χ1) is 7.13. The van der Waals surface area contributed by atoms with Crippen molar-refractivity contribution in [3.63, 3.8) is 0 Å². The largest absolute Gasteiger partial charge is 0.320 e. The van der Waals surface area contributed by atoms with Gasteiger partial charge in [-0.2, -0.15) is 0 Å². The quantitative estimate of drug-likeness (QED) is 0.344. The molecular formula is C8H9ClN4O2. The third-order valence-electron chi connectivity index (χ3n) is 1.63. The van der Waals surface area contributed by atoms with E-state index in [2.05, 4.69) is 15.2 Å². The summed E-state index contributed by atoms with van der Waals surface area (Å²) in [5, 5.41) is 18.1. The van der Waals surface area contributed by atoms with E-state index in [0.29, 0.717) is 17.3 Å². The van der Waals surface area contributed by atoms with E-state index in [9.17, 15) is 10.1 Å². The number of hydrogen-bond donors (Lipinski definition) is 0. The van der Waals surface area contributed by atoms with E-state index in [4.69, 9.17) is 11.6 Å². The second-order valence-electron chi connectivity index (χ2n) is 2.73. The van der Waals surface area contributed by atoms with Crippen LogP contribution in [-0.4, -0.2) is 16.1 Å². The van der Waals surface area contributed by atoms with Gasteiger partial charge in [0.15, 0.2) is 0 Å². The Hall–Kier alpha value is -1.56. The van der Waals surface area contributed by atoms with Crippen molar-refractivity contribution in [1.82, 2.24) is 4.98 Å². The summed E-state index contributed by atoms with van der Waals surface area (Å²) in [6.45, 7) is 1.67. The Labute approximate surface area is 91.1 Å². The highest BCUT2D eigenvalue weighted by Crippen LogP contribution is 2.14. The van der Waals surface area contributed by atoms with Crippen LogP contribution in [0.4, 0.5) is 5.69 Å². The Morgan fingerprint density at radius 3 is 2.87 bits per heavy atom. The summed E-state index contributed by atoms with van der Waals surface area (Å²) in [7, 11) is 0. The van der Waals surface area contributed by atoms with Gasteiger partial charge in [-0.25, -0.2) is 4.98 Å². The second-order valence-corrected chi connectivity index (χ2v) is 3.12. The zero-order valence-electron chi connectivity index (χ0n) is 8.00. The molecule has 1 aromatic heterocycles. The average Bonchev–Trinajstić information content (AvgIpc) is 2.21. The number of pyridine rings is 1. The summed E-state index contributed by atoms with van der Waals surface area (Å²) in [5.41, 5.74) is 0.444. The van der Waals surface area contributed by atoms with Crippen molar-refractivity contribution in [3.05, 3.63) is 33.6 Å². The lowest BCUT2D eigenvalue weighted by atomic mass is 10.4. The first-order valence-electron chi connectivity index (χ1n) is 4.29. The minimum atomic E-state index is -0.999. The van der Waals surface area contributed by atoms with E-state index in [1.165, 1.54) is 6.20 Å². The van der Waals surface area contributed by atoms with Gasteiger partial charge in [-0.05, 0) is 12.1 Å². The average molecular weight is 229 g/mol. The lowest BCUT2D eigenvalue weighted by Crippen LogP contribution is -2.14. The molecule has 15 heavy (non-hydrogen) atoms. The predicted octanol–water partition coefficient (Wildman–Crippen LogP) is 2.83. The van der Waals surface area contributed by atoms with Crippen molar-refractivity contribution in [2.75, 3.05) is 0 Å². The van der Waals surface area contributed by atoms with E-state index >= 15 is 0 Å². The topological polar surface area (TPSA) is 80.8 Å². The molecule has 7 heteroatoms. The first-order valence-corrected chi connectivity index (χ1v) is 4.67. The minimum Gasteiger partial charge on any atom is -0.262 e. The van der Waals surface area contributed by atoms with E-state index in [0.717, 1.165) is 0 Å². The molecule has 1 aromatic rings. The molecule has 0 N–H and O–H groups in total. The molecule has 1 unspecified atom stereocenters. The first kappa shape index (κ1) is 11.5. The monoisotopic (exact) mass is 228 g/mol. The molecule has 80 valence electrons. The van der Waals surface area contributed by atoms with Gasteiger partial charge in [0.2, 0.25) is 0 Å². The fourth-order valence-electron chi connectivity index (χ4n) is 0.833. The normalized spacial score (nSPS) is 12.9. The molecule has 6 nitrogen and oxygen atoms in total. The molecule has 1 rings (SSSR count).